The van der Waals surface area contributed by atoms with Crippen LogP contribution in [-0.4, -0.2) is 40.0 Å². The van der Waals surface area contributed by atoms with Gasteiger partial charge in [0.05, 0.1) is 18.3 Å². The Morgan fingerprint density at radius 3 is 2.62 bits per heavy atom. The summed E-state index contributed by atoms with van der Waals surface area (Å²) >= 11 is 0. The first kappa shape index (κ1) is 12.5. The van der Waals surface area contributed by atoms with E-state index in [4.69, 9.17) is 4.74 Å². The van der Waals surface area contributed by atoms with Gasteiger partial charge in [0.25, 0.3) is 0 Å². The molecule has 2 heterocycles. The smallest absolute Gasteiger partial charge is 0.214 e. The summed E-state index contributed by atoms with van der Waals surface area (Å²) in [6.07, 6.45) is 4.34. The molecule has 2 aliphatic rings. The average Bonchev–Trinajstić information content (AvgIpc) is 3.13. The van der Waals surface area contributed by atoms with Crippen LogP contribution in [0.3, 0.4) is 0 Å². The van der Waals surface area contributed by atoms with E-state index in [1.165, 1.54) is 0 Å². The minimum Gasteiger partial charge on any atom is -0.490 e. The van der Waals surface area contributed by atoms with Crippen LogP contribution in [0.15, 0.2) is 30.5 Å². The molecule has 0 amide bonds. The number of carbonyl (C=O) groups is 1. The van der Waals surface area contributed by atoms with Crippen LogP contribution in [0.25, 0.3) is 0 Å². The van der Waals surface area contributed by atoms with Gasteiger partial charge >= 0.3 is 0 Å². The van der Waals surface area contributed by atoms with Crippen LogP contribution in [0, 0.1) is 0 Å². The number of nitrogens with zero attached hydrogens (tertiary/aromatic N) is 3. The molecular weight excluding hydrogens is 268 g/mol. The molecule has 2 fully saturated rings. The maximum absolute atomic E-state index is 12.4. The first-order valence-electron chi connectivity index (χ1n) is 7.23. The number of carbonyl (C=O) groups excluding carboxylic acids is 1. The summed E-state index contributed by atoms with van der Waals surface area (Å²) in [6, 6.07) is 7.55. The lowest BCUT2D eigenvalue weighted by atomic mass is 10.1. The van der Waals surface area contributed by atoms with Crippen molar-refractivity contribution in [1.82, 2.24) is 20.3 Å². The molecule has 1 saturated heterocycles. The van der Waals surface area contributed by atoms with Crippen molar-refractivity contribution < 1.29 is 9.53 Å². The number of hydrogen-bond acceptors (Lipinski definition) is 5. The molecule has 0 radical (unpaired) electrons. The van der Waals surface area contributed by atoms with Crippen LogP contribution in [0.2, 0.25) is 0 Å². The predicted molar refractivity (Wildman–Crippen MR) is 75.5 cm³/mol. The Morgan fingerprint density at radius 1 is 1.24 bits per heavy atom. The van der Waals surface area contributed by atoms with Gasteiger partial charge in [-0.15, -0.1) is 5.10 Å². The van der Waals surface area contributed by atoms with Gasteiger partial charge in [0, 0.05) is 18.7 Å². The van der Waals surface area contributed by atoms with Crippen molar-refractivity contribution in [2.75, 3.05) is 13.1 Å². The second kappa shape index (κ2) is 4.96. The molecule has 1 aliphatic heterocycles. The molecule has 0 unspecified atom stereocenters. The summed E-state index contributed by atoms with van der Waals surface area (Å²) in [4.78, 5) is 12.4. The number of ketones is 1. The quantitative estimate of drug-likeness (QED) is 0.835. The summed E-state index contributed by atoms with van der Waals surface area (Å²) in [7, 11) is 0. The molecule has 1 saturated carbocycles. The van der Waals surface area contributed by atoms with Gasteiger partial charge in [0.2, 0.25) is 5.78 Å². The fourth-order valence-corrected chi connectivity index (χ4v) is 2.23. The third-order valence-corrected chi connectivity index (χ3v) is 3.82. The van der Waals surface area contributed by atoms with E-state index in [0.29, 0.717) is 23.4 Å². The predicted octanol–water partition coefficient (Wildman–Crippen LogP) is 1.19. The first-order valence-corrected chi connectivity index (χ1v) is 7.23. The highest BCUT2D eigenvalue weighted by Crippen LogP contribution is 2.27. The Hall–Kier alpha value is -2.21. The van der Waals surface area contributed by atoms with Crippen LogP contribution in [0.1, 0.15) is 34.9 Å². The molecule has 21 heavy (non-hydrogen) atoms. The molecule has 0 atom stereocenters. The molecule has 1 aromatic carbocycles. The van der Waals surface area contributed by atoms with Gasteiger partial charge in [-0.3, -0.25) is 4.79 Å². The van der Waals surface area contributed by atoms with Gasteiger partial charge in [0.15, 0.2) is 5.69 Å². The van der Waals surface area contributed by atoms with Crippen LogP contribution in [0.4, 0.5) is 0 Å². The summed E-state index contributed by atoms with van der Waals surface area (Å²) in [5, 5.41) is 11.2. The highest BCUT2D eigenvalue weighted by molar-refractivity contribution is 6.07. The number of rotatable bonds is 5. The highest BCUT2D eigenvalue weighted by Gasteiger charge is 2.24. The van der Waals surface area contributed by atoms with Crippen molar-refractivity contribution in [1.29, 1.82) is 0 Å². The van der Waals surface area contributed by atoms with Gasteiger partial charge in [0.1, 0.15) is 5.75 Å². The number of hydrogen-bond donors (Lipinski definition) is 1. The molecule has 6 nitrogen and oxygen atoms in total. The SMILES string of the molecule is O=C(c1ccc(OC2CC2)cc1)c1cn(C2CNC2)nn1. The Bertz CT molecular complexity index is 657. The van der Waals surface area contributed by atoms with Crippen molar-refractivity contribution >= 4 is 5.78 Å². The van der Waals surface area contributed by atoms with Crippen molar-refractivity contribution in [2.24, 2.45) is 0 Å². The fourth-order valence-electron chi connectivity index (χ4n) is 2.23. The van der Waals surface area contributed by atoms with E-state index in [2.05, 4.69) is 15.6 Å². The lowest BCUT2D eigenvalue weighted by molar-refractivity contribution is 0.103. The normalized spacial score (nSPS) is 18.3. The first-order chi connectivity index (χ1) is 10.3. The lowest BCUT2D eigenvalue weighted by Gasteiger charge is -2.26. The monoisotopic (exact) mass is 284 g/mol. The van der Waals surface area contributed by atoms with E-state index < -0.39 is 0 Å². The number of benzene rings is 1. The molecular formula is C15H16N4O2. The molecule has 0 spiro atoms. The van der Waals surface area contributed by atoms with Crippen LogP contribution >= 0.6 is 0 Å². The molecule has 6 heteroatoms. The van der Waals surface area contributed by atoms with E-state index in [1.807, 2.05) is 12.1 Å². The van der Waals surface area contributed by atoms with Crippen molar-refractivity contribution in [3.05, 3.63) is 41.7 Å². The van der Waals surface area contributed by atoms with Crippen molar-refractivity contribution in [2.45, 2.75) is 25.0 Å². The molecule has 1 N–H and O–H groups in total. The minimum atomic E-state index is -0.105. The maximum atomic E-state index is 12.4. The molecule has 2 aromatic rings. The van der Waals surface area contributed by atoms with Crippen LogP contribution < -0.4 is 10.1 Å². The van der Waals surface area contributed by atoms with E-state index >= 15 is 0 Å². The van der Waals surface area contributed by atoms with Gasteiger partial charge in [-0.05, 0) is 37.1 Å². The van der Waals surface area contributed by atoms with Gasteiger partial charge in [-0.1, -0.05) is 5.21 Å². The summed E-state index contributed by atoms with van der Waals surface area (Å²) in [6.45, 7) is 1.76. The molecule has 0 bridgehead atoms. The zero-order chi connectivity index (χ0) is 14.2. The Labute approximate surface area is 122 Å². The molecule has 108 valence electrons. The van der Waals surface area contributed by atoms with Crippen molar-refractivity contribution in [3.63, 3.8) is 0 Å². The van der Waals surface area contributed by atoms with Crippen LogP contribution in [0.5, 0.6) is 5.75 Å². The molecule has 1 aliphatic carbocycles. The Morgan fingerprint density at radius 2 is 2.00 bits per heavy atom. The second-order valence-corrected chi connectivity index (χ2v) is 5.57. The topological polar surface area (TPSA) is 69.0 Å². The summed E-state index contributed by atoms with van der Waals surface area (Å²) in [5.74, 6) is 0.713. The second-order valence-electron chi connectivity index (χ2n) is 5.57. The van der Waals surface area contributed by atoms with Gasteiger partial charge < -0.3 is 10.1 Å². The number of nitrogens with one attached hydrogen (secondary N) is 1. The van der Waals surface area contributed by atoms with E-state index in [1.54, 1.807) is 23.0 Å². The van der Waals surface area contributed by atoms with Gasteiger partial charge in [-0.2, -0.15) is 0 Å². The third-order valence-electron chi connectivity index (χ3n) is 3.82. The minimum absolute atomic E-state index is 0.105. The Balaban J connectivity index is 1.48. The largest absolute Gasteiger partial charge is 0.490 e. The van der Waals surface area contributed by atoms with Crippen molar-refractivity contribution in [3.8, 4) is 5.75 Å². The molecule has 1 aromatic heterocycles. The fraction of sp³-hybridized carbons (Fsp3) is 0.400. The van der Waals surface area contributed by atoms with E-state index in [0.717, 1.165) is 31.7 Å². The zero-order valence-corrected chi connectivity index (χ0v) is 11.5. The van der Waals surface area contributed by atoms with E-state index in [9.17, 15) is 4.79 Å². The standard InChI is InChI=1S/C15H16N4O2/c20-15(14-9-19(18-17-14)11-7-16-8-11)10-1-3-12(4-2-10)21-13-5-6-13/h1-4,9,11,13,16H,5-8H2. The number of ether oxygens (including phenoxy) is 1. The molecule has 4 rings (SSSR count). The average molecular weight is 284 g/mol. The third kappa shape index (κ3) is 2.54. The zero-order valence-electron chi connectivity index (χ0n) is 11.5. The van der Waals surface area contributed by atoms with Crippen LogP contribution in [-0.2, 0) is 0 Å². The van der Waals surface area contributed by atoms with E-state index in [-0.39, 0.29) is 5.78 Å². The lowest BCUT2D eigenvalue weighted by Crippen LogP contribution is -2.43. The maximum Gasteiger partial charge on any atom is 0.214 e. The summed E-state index contributed by atoms with van der Waals surface area (Å²) in [5.41, 5.74) is 0.995. The Kier molecular flexibility index (Phi) is 2.96. The number of aromatic nitrogens is 3. The summed E-state index contributed by atoms with van der Waals surface area (Å²) < 4.78 is 7.43. The van der Waals surface area contributed by atoms with Gasteiger partial charge in [-0.25, -0.2) is 4.68 Å². The highest BCUT2D eigenvalue weighted by atomic mass is 16.5.